The van der Waals surface area contributed by atoms with Gasteiger partial charge in [0.05, 0.1) is 18.0 Å². The van der Waals surface area contributed by atoms with E-state index in [2.05, 4.69) is 5.32 Å². The first-order valence-corrected chi connectivity index (χ1v) is 13.4. The minimum Gasteiger partial charge on any atom is -0.455 e. The average molecular weight is 501 g/mol. The van der Waals surface area contributed by atoms with E-state index in [1.54, 1.807) is 36.4 Å². The lowest BCUT2D eigenvalue weighted by atomic mass is 9.95. The molecule has 4 aromatic rings. The van der Waals surface area contributed by atoms with Crippen LogP contribution in [0.1, 0.15) is 22.7 Å². The Hall–Kier alpha value is -4.10. The van der Waals surface area contributed by atoms with Gasteiger partial charge in [-0.05, 0) is 47.9 Å². The van der Waals surface area contributed by atoms with Crippen molar-refractivity contribution in [3.05, 3.63) is 126 Å². The van der Waals surface area contributed by atoms with Gasteiger partial charge in [0, 0.05) is 0 Å². The van der Waals surface area contributed by atoms with Crippen LogP contribution in [0.15, 0.2) is 109 Å². The fourth-order valence-corrected chi connectivity index (χ4v) is 4.84. The van der Waals surface area contributed by atoms with E-state index in [-0.39, 0.29) is 5.69 Å². The number of benzene rings is 4. The third-order valence-electron chi connectivity index (χ3n) is 5.73. The summed E-state index contributed by atoms with van der Waals surface area (Å²) in [7, 11) is -3.81. The van der Waals surface area contributed by atoms with Crippen LogP contribution >= 0.6 is 0 Å². The van der Waals surface area contributed by atoms with Crippen molar-refractivity contribution < 1.29 is 17.9 Å². The van der Waals surface area contributed by atoms with Crippen LogP contribution < -0.4 is 14.4 Å². The SMILES string of the molecule is Cc1ccccc1C(NC(=O)CN(c1ccccc1Oc1ccccc1)S(C)(=O)=O)c1ccccc1. The average Bonchev–Trinajstić information content (AvgIpc) is 2.87. The molecule has 4 aromatic carbocycles. The lowest BCUT2D eigenvalue weighted by Crippen LogP contribution is -2.42. The number of nitrogens with zero attached hydrogens (tertiary/aromatic N) is 1. The molecule has 184 valence electrons. The lowest BCUT2D eigenvalue weighted by molar-refractivity contribution is -0.120. The molecule has 0 aliphatic rings. The lowest BCUT2D eigenvalue weighted by Gasteiger charge is -2.26. The summed E-state index contributed by atoms with van der Waals surface area (Å²) in [5, 5.41) is 3.05. The molecule has 0 saturated carbocycles. The molecule has 0 bridgehead atoms. The zero-order chi connectivity index (χ0) is 25.5. The van der Waals surface area contributed by atoms with Crippen molar-refractivity contribution in [2.45, 2.75) is 13.0 Å². The van der Waals surface area contributed by atoms with Crippen LogP contribution in [0, 0.1) is 6.92 Å². The summed E-state index contributed by atoms with van der Waals surface area (Å²) in [5.74, 6) is 0.457. The van der Waals surface area contributed by atoms with Gasteiger partial charge in [-0.25, -0.2) is 8.42 Å². The van der Waals surface area contributed by atoms with Crippen molar-refractivity contribution in [3.63, 3.8) is 0 Å². The smallest absolute Gasteiger partial charge is 0.241 e. The maximum Gasteiger partial charge on any atom is 0.241 e. The maximum atomic E-state index is 13.4. The number of ether oxygens (including phenoxy) is 1. The van der Waals surface area contributed by atoms with Crippen LogP contribution in [0.5, 0.6) is 11.5 Å². The Morgan fingerprint density at radius 1 is 0.833 bits per heavy atom. The monoisotopic (exact) mass is 500 g/mol. The fourth-order valence-electron chi connectivity index (χ4n) is 3.98. The van der Waals surface area contributed by atoms with Crippen LogP contribution in [-0.2, 0) is 14.8 Å². The van der Waals surface area contributed by atoms with Crippen molar-refractivity contribution in [2.24, 2.45) is 0 Å². The molecule has 7 heteroatoms. The second-order valence-corrected chi connectivity index (χ2v) is 10.3. The van der Waals surface area contributed by atoms with Crippen molar-refractivity contribution in [3.8, 4) is 11.5 Å². The molecule has 0 fully saturated rings. The standard InChI is InChI=1S/C29H28N2O4S/c1-22-13-9-10-18-25(22)29(23-14-5-3-6-15-23)30-28(32)21-31(36(2,33)34)26-19-11-12-20-27(26)35-24-16-7-4-8-17-24/h3-20,29H,21H2,1-2H3,(H,30,32). The van der Waals surface area contributed by atoms with Gasteiger partial charge in [-0.2, -0.15) is 0 Å². The molecule has 0 aromatic heterocycles. The summed E-state index contributed by atoms with van der Waals surface area (Å²) in [6.45, 7) is 1.58. The normalized spacial score (nSPS) is 11.9. The minimum atomic E-state index is -3.81. The highest BCUT2D eigenvalue weighted by Gasteiger charge is 2.26. The number of aryl methyl sites for hydroxylation is 1. The molecular weight excluding hydrogens is 472 g/mol. The van der Waals surface area contributed by atoms with Crippen LogP contribution in [-0.4, -0.2) is 27.1 Å². The van der Waals surface area contributed by atoms with Gasteiger partial charge >= 0.3 is 0 Å². The zero-order valence-electron chi connectivity index (χ0n) is 20.2. The number of rotatable bonds is 9. The predicted octanol–water partition coefficient (Wildman–Crippen LogP) is 5.46. The first kappa shape index (κ1) is 25.0. The van der Waals surface area contributed by atoms with Gasteiger partial charge in [0.25, 0.3) is 0 Å². The number of nitrogens with one attached hydrogen (secondary N) is 1. The Morgan fingerprint density at radius 3 is 2.08 bits per heavy atom. The highest BCUT2D eigenvalue weighted by atomic mass is 32.2. The molecule has 0 spiro atoms. The Kier molecular flexibility index (Phi) is 7.71. The number of carbonyl (C=O) groups is 1. The van der Waals surface area contributed by atoms with E-state index in [1.807, 2.05) is 79.7 Å². The highest BCUT2D eigenvalue weighted by molar-refractivity contribution is 7.92. The Morgan fingerprint density at radius 2 is 1.42 bits per heavy atom. The van der Waals surface area contributed by atoms with Gasteiger partial charge in [-0.3, -0.25) is 9.10 Å². The maximum absolute atomic E-state index is 13.4. The Balaban J connectivity index is 1.64. The topological polar surface area (TPSA) is 75.7 Å². The molecule has 1 N–H and O–H groups in total. The number of sulfonamides is 1. The number of hydrogen-bond acceptors (Lipinski definition) is 4. The quantitative estimate of drug-likeness (QED) is 0.331. The van der Waals surface area contributed by atoms with Crippen LogP contribution in [0.4, 0.5) is 5.69 Å². The van der Waals surface area contributed by atoms with E-state index in [1.165, 1.54) is 0 Å². The van der Waals surface area contributed by atoms with E-state index in [4.69, 9.17) is 4.74 Å². The number of hydrogen-bond donors (Lipinski definition) is 1. The van der Waals surface area contributed by atoms with E-state index < -0.39 is 28.5 Å². The molecule has 0 aliphatic carbocycles. The largest absolute Gasteiger partial charge is 0.455 e. The van der Waals surface area contributed by atoms with Gasteiger partial charge in [0.1, 0.15) is 12.3 Å². The number of amides is 1. The molecule has 0 heterocycles. The number of anilines is 1. The van der Waals surface area contributed by atoms with E-state index in [0.717, 1.165) is 27.3 Å². The second kappa shape index (κ2) is 11.1. The van der Waals surface area contributed by atoms with Gasteiger partial charge in [0.2, 0.25) is 15.9 Å². The summed E-state index contributed by atoms with van der Waals surface area (Å²) in [6.07, 6.45) is 1.08. The van der Waals surface area contributed by atoms with Crippen molar-refractivity contribution in [1.29, 1.82) is 0 Å². The molecule has 0 radical (unpaired) electrons. The van der Waals surface area contributed by atoms with Crippen molar-refractivity contribution in [1.82, 2.24) is 5.32 Å². The van der Waals surface area contributed by atoms with Gasteiger partial charge in [-0.1, -0.05) is 84.9 Å². The summed E-state index contributed by atoms with van der Waals surface area (Å²) < 4.78 is 32.7. The molecule has 4 rings (SSSR count). The molecule has 1 amide bonds. The molecular formula is C29H28N2O4S. The Labute approximate surface area is 212 Å². The van der Waals surface area contributed by atoms with Crippen molar-refractivity contribution >= 4 is 21.6 Å². The Bertz CT molecular complexity index is 1420. The summed E-state index contributed by atoms with van der Waals surface area (Å²) in [4.78, 5) is 13.4. The summed E-state index contributed by atoms with van der Waals surface area (Å²) in [5.41, 5.74) is 3.15. The minimum absolute atomic E-state index is 0.283. The van der Waals surface area contributed by atoms with E-state index >= 15 is 0 Å². The van der Waals surface area contributed by atoms with Crippen LogP contribution in [0.2, 0.25) is 0 Å². The molecule has 6 nitrogen and oxygen atoms in total. The first-order valence-electron chi connectivity index (χ1n) is 11.5. The van der Waals surface area contributed by atoms with Crippen LogP contribution in [0.3, 0.4) is 0 Å². The van der Waals surface area contributed by atoms with Gasteiger partial charge in [0.15, 0.2) is 5.75 Å². The fraction of sp³-hybridized carbons (Fsp3) is 0.138. The van der Waals surface area contributed by atoms with E-state index in [9.17, 15) is 13.2 Å². The third kappa shape index (κ3) is 6.12. The molecule has 0 saturated heterocycles. The number of carbonyl (C=O) groups excluding carboxylic acids is 1. The highest BCUT2D eigenvalue weighted by Crippen LogP contribution is 2.33. The molecule has 1 unspecified atom stereocenters. The van der Waals surface area contributed by atoms with Crippen molar-refractivity contribution in [2.75, 3.05) is 17.1 Å². The van der Waals surface area contributed by atoms with Gasteiger partial charge in [-0.15, -0.1) is 0 Å². The predicted molar refractivity (Wildman–Crippen MR) is 143 cm³/mol. The zero-order valence-corrected chi connectivity index (χ0v) is 21.0. The molecule has 1 atom stereocenters. The third-order valence-corrected chi connectivity index (χ3v) is 6.86. The first-order chi connectivity index (χ1) is 17.3. The van der Waals surface area contributed by atoms with Gasteiger partial charge < -0.3 is 10.1 Å². The second-order valence-electron chi connectivity index (χ2n) is 8.42. The molecule has 0 aliphatic heterocycles. The summed E-state index contributed by atoms with van der Waals surface area (Å²) >= 11 is 0. The number of para-hydroxylation sites is 3. The van der Waals surface area contributed by atoms with Crippen LogP contribution in [0.25, 0.3) is 0 Å². The summed E-state index contributed by atoms with van der Waals surface area (Å²) in [6, 6.07) is 32.8. The molecule has 36 heavy (non-hydrogen) atoms. The van der Waals surface area contributed by atoms with E-state index in [0.29, 0.717) is 11.5 Å².